The predicted octanol–water partition coefficient (Wildman–Crippen LogP) is 27.9. The maximum atomic E-state index is 10.0. The number of aliphatic hydroxyl groups is 1. The normalized spacial score (nSPS) is 11.7. The predicted molar refractivity (Wildman–Crippen MR) is 494 cm³/mol. The third-order valence-corrected chi connectivity index (χ3v) is 23.7. The van der Waals surface area contributed by atoms with Crippen molar-refractivity contribution in [3.63, 3.8) is 0 Å². The maximum Gasteiger partial charge on any atom is 0.0979 e. The number of thiophene rings is 2. The molecule has 7 nitrogen and oxygen atoms in total. The van der Waals surface area contributed by atoms with Crippen molar-refractivity contribution >= 4 is 153 Å². The van der Waals surface area contributed by atoms with Gasteiger partial charge in [-0.3, -0.25) is 14.8 Å². The summed E-state index contributed by atoms with van der Waals surface area (Å²) in [4.78, 5) is 31.2. The summed E-state index contributed by atoms with van der Waals surface area (Å²) in [5, 5.41) is 18.3. The van der Waals surface area contributed by atoms with Crippen molar-refractivity contribution in [2.45, 2.75) is 59.3 Å². The molecule has 4 aromatic heterocycles. The van der Waals surface area contributed by atoms with E-state index in [1.165, 1.54) is 132 Å². The molecule has 576 valence electrons. The molecule has 0 unspecified atom stereocenters. The van der Waals surface area contributed by atoms with Gasteiger partial charge in [0, 0.05) is 156 Å². The van der Waals surface area contributed by atoms with E-state index in [0.29, 0.717) is 0 Å². The molecule has 1 aliphatic rings. The van der Waals surface area contributed by atoms with Gasteiger partial charge in [-0.05, 0) is 158 Å². The Kier molecular flexibility index (Phi) is 27.3. The minimum absolute atomic E-state index is 0. The Hall–Kier alpha value is -10.5. The first-order chi connectivity index (χ1) is 56.1. The summed E-state index contributed by atoms with van der Waals surface area (Å²) in [5.74, 6) is -0.0625. The molecular formula is C104H82BBiFIrN5O2S2Th-. The molecule has 0 bridgehead atoms. The van der Waals surface area contributed by atoms with E-state index in [1.807, 2.05) is 59.2 Å². The van der Waals surface area contributed by atoms with Crippen molar-refractivity contribution in [2.75, 3.05) is 4.90 Å². The summed E-state index contributed by atoms with van der Waals surface area (Å²) >= 11 is 3.75. The number of fused-ring (bicyclic) bond motifs is 15. The number of aliphatic hydroxyl groups excluding tert-OH is 1. The molecule has 0 saturated heterocycles. The van der Waals surface area contributed by atoms with E-state index in [2.05, 4.69) is 367 Å². The molecule has 0 spiro atoms. The molecule has 118 heavy (non-hydrogen) atoms. The van der Waals surface area contributed by atoms with E-state index in [1.54, 1.807) is 6.33 Å². The summed E-state index contributed by atoms with van der Waals surface area (Å²) in [6.07, 6.45) is 4.71. The van der Waals surface area contributed by atoms with E-state index in [4.69, 9.17) is 19.4 Å². The molecule has 0 atom stereocenters. The average molecular weight is 2160 g/mol. The fourth-order valence-electron chi connectivity index (χ4n) is 15.7. The van der Waals surface area contributed by atoms with Gasteiger partial charge in [0.25, 0.3) is 0 Å². The number of carbonyl (C=O) groups excluding carboxylic acids is 1. The van der Waals surface area contributed by atoms with Crippen molar-refractivity contribution in [3.8, 4) is 78.1 Å². The number of hydrogen-bond acceptors (Lipinski definition) is 9. The molecule has 1 aliphatic carbocycles. The van der Waals surface area contributed by atoms with Crippen LogP contribution in [0.15, 0.2) is 358 Å². The van der Waals surface area contributed by atoms with Crippen LogP contribution in [0.2, 0.25) is 0 Å². The summed E-state index contributed by atoms with van der Waals surface area (Å²) in [5.41, 5.74) is 25.5. The second-order valence-corrected chi connectivity index (χ2v) is 32.3. The average Bonchev–Trinajstić information content (AvgIpc) is 1.48. The van der Waals surface area contributed by atoms with Gasteiger partial charge < -0.3 is 14.3 Å². The maximum absolute atomic E-state index is 10.0. The van der Waals surface area contributed by atoms with Crippen LogP contribution in [0.5, 0.6) is 0 Å². The molecule has 0 fully saturated rings. The number of benzene rings is 15. The van der Waals surface area contributed by atoms with Gasteiger partial charge in [0.1, 0.15) is 6.33 Å². The quantitative estimate of drug-likeness (QED) is 0.0479. The van der Waals surface area contributed by atoms with E-state index in [-0.39, 0.29) is 109 Å². The molecule has 0 saturated carbocycles. The van der Waals surface area contributed by atoms with Crippen LogP contribution in [0.4, 0.5) is 21.4 Å². The van der Waals surface area contributed by atoms with Crippen LogP contribution in [0.25, 0.3) is 151 Å². The van der Waals surface area contributed by atoms with Crippen LogP contribution in [0.1, 0.15) is 65.3 Å². The first-order valence-electron chi connectivity index (χ1n) is 38.4. The zero-order valence-electron chi connectivity index (χ0n) is 66.3. The number of halogens is 1. The van der Waals surface area contributed by atoms with Crippen LogP contribution in [-0.2, 0) is 35.7 Å². The first-order valence-corrected chi connectivity index (χ1v) is 40.0. The largest absolute Gasteiger partial charge is 0.252 e. The fourth-order valence-corrected chi connectivity index (χ4v) is 18.2. The number of carbonyl (C=O) groups is 1. The summed E-state index contributed by atoms with van der Waals surface area (Å²) < 4.78 is 14.3. The van der Waals surface area contributed by atoms with Gasteiger partial charge >= 0.3 is 34.3 Å². The van der Waals surface area contributed by atoms with Crippen molar-refractivity contribution in [1.82, 2.24) is 19.9 Å². The Bertz CT molecular complexity index is 6820. The van der Waals surface area contributed by atoms with Crippen LogP contribution in [-0.4, -0.2) is 65.2 Å². The number of nitrogens with zero attached hydrogens (tertiary/aromatic N) is 5. The van der Waals surface area contributed by atoms with Crippen LogP contribution >= 0.6 is 22.7 Å². The van der Waals surface area contributed by atoms with Crippen molar-refractivity contribution < 1.29 is 74.3 Å². The summed E-state index contributed by atoms with van der Waals surface area (Å²) in [6, 6.07) is 123. The molecule has 14 heteroatoms. The number of ketones is 1. The molecule has 0 aliphatic heterocycles. The van der Waals surface area contributed by atoms with Gasteiger partial charge in [-0.15, -0.1) is 58.6 Å². The van der Waals surface area contributed by atoms with E-state index in [9.17, 15) is 4.79 Å². The SMILES string of the molecule is CC(=O)C=C(C)O.CC(C)(C)c1cc(-c2[c-]cccc2)ncn1.CC1(C)c2ccccc2-c2ccc(N(c3ccc(-c4ccccc4)cc3)c3ccc(-c4cccc5c4sc4ccccc45)cc3)cc21.[B]F.[BiH2].[Ir].[Th].c1cc(-c2cccc(-c3cccc4c3sc3ccccc34)c2)cc(-c2cnc3c4ccccc4c4ccccc4c3n2)c1. The zero-order valence-corrected chi connectivity index (χ0v) is 78.9. The topological polar surface area (TPSA) is 92.1 Å². The van der Waals surface area contributed by atoms with E-state index < -0.39 is 0 Å². The summed E-state index contributed by atoms with van der Waals surface area (Å²) in [6.45, 7) is 14.0. The molecular weight excluding hydrogens is 2080 g/mol. The zero-order chi connectivity index (χ0) is 79.3. The Morgan fingerprint density at radius 3 is 1.47 bits per heavy atom. The van der Waals surface area contributed by atoms with Crippen molar-refractivity contribution in [2.24, 2.45) is 0 Å². The van der Waals surface area contributed by atoms with Crippen LogP contribution in [0.3, 0.4) is 0 Å². The minimum Gasteiger partial charge on any atom is -0.252 e. The van der Waals surface area contributed by atoms with Gasteiger partial charge in [0.15, 0.2) is 5.78 Å². The molecule has 20 rings (SSSR count). The Labute approximate surface area is 762 Å². The van der Waals surface area contributed by atoms with Gasteiger partial charge in [0.05, 0.1) is 28.7 Å². The van der Waals surface area contributed by atoms with Crippen LogP contribution in [0, 0.1) is 46.0 Å². The third-order valence-electron chi connectivity index (χ3n) is 21.2. The monoisotopic (exact) mass is 2160 g/mol. The molecule has 0 amide bonds. The molecule has 19 aromatic rings. The second-order valence-electron chi connectivity index (χ2n) is 30.2. The van der Waals surface area contributed by atoms with Crippen LogP contribution < -0.4 is 4.90 Å². The Morgan fingerprint density at radius 2 is 0.890 bits per heavy atom. The smallest absolute Gasteiger partial charge is 0.0979 e. The molecule has 4 heterocycles. The van der Waals surface area contributed by atoms with Gasteiger partial charge in [0.2, 0.25) is 0 Å². The van der Waals surface area contributed by atoms with Crippen molar-refractivity contribution in [3.05, 3.63) is 381 Å². The number of aromatic nitrogens is 4. The number of rotatable bonds is 10. The van der Waals surface area contributed by atoms with E-state index in [0.717, 1.165) is 72.6 Å². The third kappa shape index (κ3) is 17.8. The van der Waals surface area contributed by atoms with Gasteiger partial charge in [-0.1, -0.05) is 283 Å². The molecule has 4 radical (unpaired) electrons. The molecule has 15 aromatic carbocycles. The van der Waals surface area contributed by atoms with Gasteiger partial charge in [-0.2, -0.15) is 0 Å². The van der Waals surface area contributed by atoms with Crippen molar-refractivity contribution in [1.29, 1.82) is 0 Å². The number of hydrogen-bond donors (Lipinski definition) is 1. The first kappa shape index (κ1) is 85.4. The standard InChI is InChI=1S/C45H33NS.C40H24N2S.C14H15N2.C5H8O2.BF.Bi.Ir.Th.2H/c1-45(2)41-17-8-6-13-37(41)38-28-27-35(29-42(38)45)46(33-23-19-31(20-24-33)30-11-4-3-5-12-30)34-25-21-32(22-26-34)36-15-10-16-40-39-14-7-9-18-43(39)47-44(36)40;1-3-17-33-30(14-1)31-15-2-4-18-34(31)39-38(33)41-24-36(42-39)28-13-8-11-26(23-28)25-10-7-12-27(22-25)29-19-9-20-35-32-16-5-6-21-37(32)43-40(29)35;1-14(2,3)13-9-12(15-10-16-13)11-7-5-4-6-8-11;1-4(6)3-5(2)7;1-2;;;;;/h3-29H,1-2H3;1-24H;4-7,9-10H,1-3H3;3,6H,1-2H3;;;;;;/q;;-1;;;;;;;. The molecule has 1 N–H and O–H groups in total. The number of anilines is 3. The Morgan fingerprint density at radius 1 is 0.432 bits per heavy atom. The minimum atomic E-state index is -0.125. The fraction of sp³-hybridized carbons (Fsp3) is 0.0865. The van der Waals surface area contributed by atoms with E-state index >= 15 is 0 Å². The van der Waals surface area contributed by atoms with Gasteiger partial charge in [-0.25, -0.2) is 9.97 Å². The Balaban J connectivity index is 0.000000156. The summed E-state index contributed by atoms with van der Waals surface area (Å²) in [7, 11) is 3.00. The second kappa shape index (κ2) is 37.7. The number of allylic oxidation sites excluding steroid dienone is 2.